The zero-order chi connectivity index (χ0) is 25.0. The molecule has 1 aliphatic carbocycles. The van der Waals surface area contributed by atoms with Gasteiger partial charge in [-0.1, -0.05) is 86.1 Å². The van der Waals surface area contributed by atoms with Crippen molar-refractivity contribution in [2.24, 2.45) is 5.92 Å². The van der Waals surface area contributed by atoms with Crippen molar-refractivity contribution in [3.63, 3.8) is 0 Å². The van der Waals surface area contributed by atoms with Crippen LogP contribution in [0.5, 0.6) is 0 Å². The lowest BCUT2D eigenvalue weighted by atomic mass is 10.0. The van der Waals surface area contributed by atoms with Crippen LogP contribution >= 0.6 is 0 Å². The molecule has 0 spiro atoms. The lowest BCUT2D eigenvalue weighted by Crippen LogP contribution is -2.44. The number of unbranched alkanes of at least 4 members (excludes halogenated alkanes) is 2. The molecular formula is C27H50O3Si2. The van der Waals surface area contributed by atoms with Gasteiger partial charge in [0.2, 0.25) is 0 Å². The van der Waals surface area contributed by atoms with E-state index < -0.39 is 16.6 Å². The van der Waals surface area contributed by atoms with E-state index in [0.717, 1.165) is 6.42 Å². The summed E-state index contributed by atoms with van der Waals surface area (Å²) in [5.41, 5.74) is 0.619. The van der Waals surface area contributed by atoms with Crippen molar-refractivity contribution in [2.75, 3.05) is 0 Å². The Labute approximate surface area is 201 Å². The molecule has 184 valence electrons. The highest BCUT2D eigenvalue weighted by Gasteiger charge is 2.45. The first-order valence-electron chi connectivity index (χ1n) is 12.5. The molecule has 1 aliphatic rings. The van der Waals surface area contributed by atoms with Gasteiger partial charge >= 0.3 is 0 Å². The van der Waals surface area contributed by atoms with Crippen molar-refractivity contribution in [1.29, 1.82) is 0 Å². The van der Waals surface area contributed by atoms with Gasteiger partial charge in [-0.05, 0) is 42.7 Å². The molecule has 32 heavy (non-hydrogen) atoms. The van der Waals surface area contributed by atoms with E-state index in [2.05, 4.69) is 93.1 Å². The van der Waals surface area contributed by atoms with Crippen molar-refractivity contribution < 1.29 is 13.6 Å². The molecule has 0 amide bonds. The third kappa shape index (κ3) is 7.97. The van der Waals surface area contributed by atoms with E-state index in [1.165, 1.54) is 19.3 Å². The lowest BCUT2D eigenvalue weighted by Gasteiger charge is -2.39. The first-order valence-corrected chi connectivity index (χ1v) is 18.3. The maximum atomic E-state index is 12.4. The average molecular weight is 479 g/mol. The Morgan fingerprint density at radius 1 is 1.03 bits per heavy atom. The minimum Gasteiger partial charge on any atom is -0.413 e. The number of ketones is 1. The highest BCUT2D eigenvalue weighted by atomic mass is 28.4. The van der Waals surface area contributed by atoms with Gasteiger partial charge in [-0.3, -0.25) is 4.79 Å². The molecule has 0 N–H and O–H groups in total. The molecule has 1 fully saturated rings. The third-order valence-electron chi connectivity index (χ3n) is 7.73. The Bertz CT molecular complexity index is 714. The number of carbonyl (C=O) groups excluding carboxylic acids is 1. The van der Waals surface area contributed by atoms with Crippen LogP contribution in [0.2, 0.25) is 36.3 Å². The Morgan fingerprint density at radius 2 is 1.59 bits per heavy atom. The number of Topliss-reactive ketones (excluding diaryl/α,β-unsaturated/α-hetero) is 1. The van der Waals surface area contributed by atoms with Crippen LogP contribution in [0.4, 0.5) is 0 Å². The fourth-order valence-corrected chi connectivity index (χ4v) is 6.09. The SMILES string of the molecule is C=C1C(=O)C[C@@H](O[Si](C)(C)C(C)(C)C)[C@@H]1C#CC[C@@H](CCCCC)O[Si](C)(C)C(C)(C)C. The highest BCUT2D eigenvalue weighted by molar-refractivity contribution is 6.74. The molecule has 3 nitrogen and oxygen atoms in total. The van der Waals surface area contributed by atoms with E-state index in [1.54, 1.807) is 0 Å². The molecule has 0 aromatic carbocycles. The molecule has 0 saturated heterocycles. The standard InChI is InChI=1S/C27H50O3Si2/c1-13-14-15-17-22(29-31(9,10)26(3,4)5)18-16-19-23-21(2)24(28)20-25(23)30-32(11,12)27(6,7)8/h22-23,25H,2,13-15,17-18,20H2,1,3-12H3/t22-,23-,25-/m1/s1. The van der Waals surface area contributed by atoms with E-state index in [-0.39, 0.29) is 34.0 Å². The lowest BCUT2D eigenvalue weighted by molar-refractivity contribution is -0.115. The molecule has 3 atom stereocenters. The summed E-state index contributed by atoms with van der Waals surface area (Å²) in [5, 5.41) is 0.275. The van der Waals surface area contributed by atoms with Crippen LogP contribution < -0.4 is 0 Å². The summed E-state index contributed by atoms with van der Waals surface area (Å²) in [5.74, 6) is 6.71. The Hall–Kier alpha value is -0.676. The highest BCUT2D eigenvalue weighted by Crippen LogP contribution is 2.41. The summed E-state index contributed by atoms with van der Waals surface area (Å²) >= 11 is 0. The van der Waals surface area contributed by atoms with E-state index in [0.29, 0.717) is 18.4 Å². The summed E-state index contributed by atoms with van der Waals surface area (Å²) in [6.45, 7) is 28.9. The Balaban J connectivity index is 3.00. The van der Waals surface area contributed by atoms with Crippen LogP contribution in [0.3, 0.4) is 0 Å². The minimum atomic E-state index is -1.99. The maximum absolute atomic E-state index is 12.4. The minimum absolute atomic E-state index is 0.0966. The van der Waals surface area contributed by atoms with Crippen molar-refractivity contribution >= 4 is 22.4 Å². The number of hydrogen-bond donors (Lipinski definition) is 0. The summed E-state index contributed by atoms with van der Waals surface area (Å²) in [7, 11) is -3.85. The van der Waals surface area contributed by atoms with Crippen molar-refractivity contribution in [3.05, 3.63) is 12.2 Å². The summed E-state index contributed by atoms with van der Waals surface area (Å²) < 4.78 is 13.3. The number of hydrogen-bond acceptors (Lipinski definition) is 3. The second-order valence-electron chi connectivity index (χ2n) is 12.6. The summed E-state index contributed by atoms with van der Waals surface area (Å²) in [6, 6.07) is 0. The second kappa shape index (κ2) is 11.2. The van der Waals surface area contributed by atoms with Gasteiger partial charge in [0.15, 0.2) is 22.4 Å². The van der Waals surface area contributed by atoms with Gasteiger partial charge < -0.3 is 8.85 Å². The van der Waals surface area contributed by atoms with E-state index in [4.69, 9.17) is 8.85 Å². The van der Waals surface area contributed by atoms with Gasteiger partial charge in [-0.15, -0.1) is 0 Å². The van der Waals surface area contributed by atoms with Crippen LogP contribution in [-0.2, 0) is 13.6 Å². The molecule has 1 saturated carbocycles. The topological polar surface area (TPSA) is 35.5 Å². The largest absolute Gasteiger partial charge is 0.413 e. The quantitative estimate of drug-likeness (QED) is 0.146. The van der Waals surface area contributed by atoms with E-state index >= 15 is 0 Å². The first kappa shape index (κ1) is 29.4. The molecule has 0 aromatic rings. The number of rotatable bonds is 9. The smallest absolute Gasteiger partial charge is 0.192 e. The van der Waals surface area contributed by atoms with Gasteiger partial charge in [0.25, 0.3) is 0 Å². The van der Waals surface area contributed by atoms with Gasteiger partial charge in [0, 0.05) is 18.4 Å². The molecule has 0 aliphatic heterocycles. The van der Waals surface area contributed by atoms with Gasteiger partial charge in [-0.2, -0.15) is 0 Å². The van der Waals surface area contributed by atoms with E-state index in [1.807, 2.05) is 0 Å². The van der Waals surface area contributed by atoms with Crippen LogP contribution in [0.1, 0.15) is 87.0 Å². The van der Waals surface area contributed by atoms with Crippen LogP contribution in [0.15, 0.2) is 12.2 Å². The molecule has 1 rings (SSSR count). The first-order chi connectivity index (χ1) is 14.4. The maximum Gasteiger partial charge on any atom is 0.192 e. The normalized spacial score (nSPS) is 21.5. The van der Waals surface area contributed by atoms with Gasteiger partial charge in [-0.25, -0.2) is 0 Å². The van der Waals surface area contributed by atoms with E-state index in [9.17, 15) is 4.79 Å². The average Bonchev–Trinajstić information content (AvgIpc) is 2.86. The zero-order valence-corrected chi connectivity index (χ0v) is 24.9. The van der Waals surface area contributed by atoms with Gasteiger partial charge in [0.05, 0.1) is 18.1 Å². The van der Waals surface area contributed by atoms with Gasteiger partial charge in [0.1, 0.15) is 0 Å². The predicted octanol–water partition coefficient (Wildman–Crippen LogP) is 7.89. The monoisotopic (exact) mass is 478 g/mol. The van der Waals surface area contributed by atoms with Crippen molar-refractivity contribution in [2.45, 2.75) is 135 Å². The van der Waals surface area contributed by atoms with Crippen molar-refractivity contribution in [3.8, 4) is 11.8 Å². The Kier molecular flexibility index (Phi) is 10.2. The third-order valence-corrected chi connectivity index (χ3v) is 16.8. The molecule has 0 radical (unpaired) electrons. The fraction of sp³-hybridized carbons (Fsp3) is 0.815. The molecule has 5 heteroatoms. The molecule has 0 heterocycles. The second-order valence-corrected chi connectivity index (χ2v) is 22.1. The molecule has 0 bridgehead atoms. The molecular weight excluding hydrogens is 428 g/mol. The van der Waals surface area contributed by atoms with Crippen LogP contribution in [-0.4, -0.2) is 34.6 Å². The summed E-state index contributed by atoms with van der Waals surface area (Å²) in [6.07, 6.45) is 5.75. The number of carbonyl (C=O) groups is 1. The Morgan fingerprint density at radius 3 is 2.09 bits per heavy atom. The summed E-state index contributed by atoms with van der Waals surface area (Å²) in [4.78, 5) is 12.4. The van der Waals surface area contributed by atoms with Crippen LogP contribution in [0, 0.1) is 17.8 Å². The van der Waals surface area contributed by atoms with Crippen molar-refractivity contribution in [1.82, 2.24) is 0 Å². The van der Waals surface area contributed by atoms with Crippen LogP contribution in [0.25, 0.3) is 0 Å². The fourth-order valence-electron chi connectivity index (χ4n) is 3.38. The zero-order valence-electron chi connectivity index (χ0n) is 22.9. The molecule has 0 aromatic heterocycles. The predicted molar refractivity (Wildman–Crippen MR) is 143 cm³/mol. The molecule has 0 unspecified atom stereocenters.